The van der Waals surface area contributed by atoms with Crippen molar-refractivity contribution in [1.82, 2.24) is 15.3 Å². The van der Waals surface area contributed by atoms with Crippen LogP contribution in [0.25, 0.3) is 0 Å². The van der Waals surface area contributed by atoms with Gasteiger partial charge in [0, 0.05) is 42.6 Å². The molecule has 0 aromatic carbocycles. The van der Waals surface area contributed by atoms with Crippen LogP contribution in [0.2, 0.25) is 0 Å². The van der Waals surface area contributed by atoms with Gasteiger partial charge in [-0.1, -0.05) is 13.3 Å². The van der Waals surface area contributed by atoms with Crippen molar-refractivity contribution in [3.63, 3.8) is 0 Å². The minimum atomic E-state index is 0.118. The van der Waals surface area contributed by atoms with Gasteiger partial charge in [0.05, 0.1) is 0 Å². The SMILES string of the molecule is CCCC1CCN(c2ncc(CNC(C)(C)C)c(C)n2)C1. The highest BCUT2D eigenvalue weighted by Gasteiger charge is 2.24. The molecule has 0 radical (unpaired) electrons. The van der Waals surface area contributed by atoms with E-state index in [2.05, 4.69) is 49.8 Å². The zero-order valence-electron chi connectivity index (χ0n) is 14.2. The lowest BCUT2D eigenvalue weighted by Gasteiger charge is -2.22. The van der Waals surface area contributed by atoms with Crippen molar-refractivity contribution in [3.05, 3.63) is 17.5 Å². The van der Waals surface area contributed by atoms with Crippen LogP contribution in [0, 0.1) is 12.8 Å². The standard InChI is InChI=1S/C17H30N4/c1-6-7-14-8-9-21(12-14)16-18-10-15(13(2)20-16)11-19-17(3,4)5/h10,14,19H,6-9,11-12H2,1-5H3. The fourth-order valence-corrected chi connectivity index (χ4v) is 2.82. The molecular formula is C17H30N4. The smallest absolute Gasteiger partial charge is 0.225 e. The topological polar surface area (TPSA) is 41.1 Å². The maximum atomic E-state index is 4.73. The molecule has 1 saturated heterocycles. The Bertz CT molecular complexity index is 464. The zero-order chi connectivity index (χ0) is 15.5. The molecule has 1 aliphatic rings. The molecule has 21 heavy (non-hydrogen) atoms. The Hall–Kier alpha value is -1.16. The molecule has 2 heterocycles. The molecule has 1 atom stereocenters. The van der Waals surface area contributed by atoms with Crippen molar-refractivity contribution in [1.29, 1.82) is 0 Å². The largest absolute Gasteiger partial charge is 0.341 e. The predicted molar refractivity (Wildman–Crippen MR) is 88.6 cm³/mol. The highest BCUT2D eigenvalue weighted by atomic mass is 15.3. The van der Waals surface area contributed by atoms with Crippen LogP contribution >= 0.6 is 0 Å². The molecule has 1 N–H and O–H groups in total. The second-order valence-electron chi connectivity index (χ2n) is 7.27. The second kappa shape index (κ2) is 6.73. The lowest BCUT2D eigenvalue weighted by molar-refractivity contribution is 0.423. The second-order valence-corrected chi connectivity index (χ2v) is 7.27. The number of nitrogens with one attached hydrogen (secondary N) is 1. The normalized spacial score (nSPS) is 19.3. The van der Waals surface area contributed by atoms with Crippen LogP contribution in [0.5, 0.6) is 0 Å². The van der Waals surface area contributed by atoms with Gasteiger partial charge >= 0.3 is 0 Å². The van der Waals surface area contributed by atoms with E-state index in [0.29, 0.717) is 0 Å². The van der Waals surface area contributed by atoms with Crippen LogP contribution in [-0.2, 0) is 6.54 Å². The summed E-state index contributed by atoms with van der Waals surface area (Å²) in [5.74, 6) is 1.73. The summed E-state index contributed by atoms with van der Waals surface area (Å²) in [5.41, 5.74) is 2.40. The van der Waals surface area contributed by atoms with Crippen LogP contribution in [0.4, 0.5) is 5.95 Å². The van der Waals surface area contributed by atoms with E-state index in [1.165, 1.54) is 24.8 Å². The first kappa shape index (κ1) is 16.2. The number of aromatic nitrogens is 2. The minimum Gasteiger partial charge on any atom is -0.341 e. The van der Waals surface area contributed by atoms with Gasteiger partial charge in [-0.2, -0.15) is 0 Å². The predicted octanol–water partition coefficient (Wildman–Crippen LogP) is 3.30. The van der Waals surface area contributed by atoms with E-state index in [-0.39, 0.29) is 5.54 Å². The Morgan fingerprint density at radius 1 is 1.38 bits per heavy atom. The first-order valence-corrected chi connectivity index (χ1v) is 8.21. The average molecular weight is 290 g/mol. The molecule has 2 rings (SSSR count). The van der Waals surface area contributed by atoms with Gasteiger partial charge < -0.3 is 10.2 Å². The summed E-state index contributed by atoms with van der Waals surface area (Å²) in [6, 6.07) is 0. The monoisotopic (exact) mass is 290 g/mol. The van der Waals surface area contributed by atoms with Gasteiger partial charge in [0.2, 0.25) is 5.95 Å². The van der Waals surface area contributed by atoms with Gasteiger partial charge in [-0.25, -0.2) is 9.97 Å². The van der Waals surface area contributed by atoms with Gasteiger partial charge in [-0.05, 0) is 46.5 Å². The van der Waals surface area contributed by atoms with Crippen LogP contribution in [0.15, 0.2) is 6.20 Å². The summed E-state index contributed by atoms with van der Waals surface area (Å²) < 4.78 is 0. The summed E-state index contributed by atoms with van der Waals surface area (Å²) >= 11 is 0. The van der Waals surface area contributed by atoms with Crippen molar-refractivity contribution in [2.24, 2.45) is 5.92 Å². The number of anilines is 1. The molecule has 4 nitrogen and oxygen atoms in total. The van der Waals surface area contributed by atoms with Gasteiger partial charge in [0.1, 0.15) is 0 Å². The van der Waals surface area contributed by atoms with E-state index in [4.69, 9.17) is 4.98 Å². The Kier molecular flexibility index (Phi) is 5.20. The molecule has 0 aliphatic carbocycles. The lowest BCUT2D eigenvalue weighted by atomic mass is 10.0. The van der Waals surface area contributed by atoms with Gasteiger partial charge in [-0.15, -0.1) is 0 Å². The average Bonchev–Trinajstić information content (AvgIpc) is 2.85. The van der Waals surface area contributed by atoms with E-state index in [1.54, 1.807) is 0 Å². The third kappa shape index (κ3) is 4.67. The fraction of sp³-hybridized carbons (Fsp3) is 0.765. The third-order valence-corrected chi connectivity index (χ3v) is 4.14. The number of hydrogen-bond donors (Lipinski definition) is 1. The molecule has 4 heteroatoms. The maximum absolute atomic E-state index is 4.73. The Morgan fingerprint density at radius 3 is 2.76 bits per heavy atom. The molecular weight excluding hydrogens is 260 g/mol. The fourth-order valence-electron chi connectivity index (χ4n) is 2.82. The van der Waals surface area contributed by atoms with Crippen LogP contribution in [-0.4, -0.2) is 28.6 Å². The molecule has 0 saturated carbocycles. The van der Waals surface area contributed by atoms with Crippen LogP contribution in [0.1, 0.15) is 58.2 Å². The molecule has 1 unspecified atom stereocenters. The van der Waals surface area contributed by atoms with Gasteiger partial charge in [0.15, 0.2) is 0 Å². The molecule has 1 aromatic heterocycles. The number of nitrogens with zero attached hydrogens (tertiary/aromatic N) is 3. The highest BCUT2D eigenvalue weighted by Crippen LogP contribution is 2.24. The van der Waals surface area contributed by atoms with Crippen LogP contribution in [0.3, 0.4) is 0 Å². The number of hydrogen-bond acceptors (Lipinski definition) is 4. The van der Waals surface area contributed by atoms with E-state index in [9.17, 15) is 0 Å². The van der Waals surface area contributed by atoms with E-state index in [0.717, 1.165) is 37.2 Å². The van der Waals surface area contributed by atoms with Gasteiger partial charge in [0.25, 0.3) is 0 Å². The first-order chi connectivity index (χ1) is 9.89. The summed E-state index contributed by atoms with van der Waals surface area (Å²) in [6.07, 6.45) is 5.87. The lowest BCUT2D eigenvalue weighted by Crippen LogP contribution is -2.35. The minimum absolute atomic E-state index is 0.118. The van der Waals surface area contributed by atoms with E-state index < -0.39 is 0 Å². The van der Waals surface area contributed by atoms with Crippen molar-refractivity contribution < 1.29 is 0 Å². The summed E-state index contributed by atoms with van der Waals surface area (Å²) in [4.78, 5) is 11.7. The summed E-state index contributed by atoms with van der Waals surface area (Å²) in [6.45, 7) is 13.9. The third-order valence-electron chi connectivity index (χ3n) is 4.14. The first-order valence-electron chi connectivity index (χ1n) is 8.21. The molecule has 0 amide bonds. The molecule has 1 aliphatic heterocycles. The van der Waals surface area contributed by atoms with Crippen LogP contribution < -0.4 is 10.2 Å². The Morgan fingerprint density at radius 2 is 2.14 bits per heavy atom. The molecule has 118 valence electrons. The van der Waals surface area contributed by atoms with E-state index in [1.807, 2.05) is 6.20 Å². The Labute approximate surface area is 129 Å². The van der Waals surface area contributed by atoms with Crippen molar-refractivity contribution >= 4 is 5.95 Å². The van der Waals surface area contributed by atoms with Crippen molar-refractivity contribution in [2.75, 3.05) is 18.0 Å². The van der Waals surface area contributed by atoms with Crippen molar-refractivity contribution in [3.8, 4) is 0 Å². The van der Waals surface area contributed by atoms with Gasteiger partial charge in [-0.3, -0.25) is 0 Å². The zero-order valence-corrected chi connectivity index (χ0v) is 14.2. The highest BCUT2D eigenvalue weighted by molar-refractivity contribution is 5.34. The molecule has 1 fully saturated rings. The molecule has 0 bridgehead atoms. The quantitative estimate of drug-likeness (QED) is 0.903. The molecule has 1 aromatic rings. The van der Waals surface area contributed by atoms with E-state index >= 15 is 0 Å². The summed E-state index contributed by atoms with van der Waals surface area (Å²) in [7, 11) is 0. The Balaban J connectivity index is 1.99. The van der Waals surface area contributed by atoms with Crippen molar-refractivity contribution in [2.45, 2.75) is 66.0 Å². The summed E-state index contributed by atoms with van der Waals surface area (Å²) in [5, 5.41) is 3.50. The number of rotatable bonds is 5. The molecule has 0 spiro atoms. The number of aryl methyl sites for hydroxylation is 1. The maximum Gasteiger partial charge on any atom is 0.225 e.